The maximum atomic E-state index is 12.9. The average molecular weight is 337 g/mol. The Morgan fingerprint density at radius 2 is 1.96 bits per heavy atom. The Morgan fingerprint density at radius 1 is 1.24 bits per heavy atom. The molecular weight excluding hydrogens is 314 g/mol. The Bertz CT molecular complexity index is 801. The minimum Gasteiger partial charge on any atom is -0.393 e. The Hall–Kier alpha value is -2.40. The number of likely N-dealkylation sites (tertiary alicyclic amines) is 1. The lowest BCUT2D eigenvalue weighted by molar-refractivity contribution is -0.133. The molecule has 2 aliphatic rings. The zero-order valence-corrected chi connectivity index (χ0v) is 14.4. The van der Waals surface area contributed by atoms with Crippen molar-refractivity contribution >= 4 is 17.1 Å². The molecule has 5 heteroatoms. The van der Waals surface area contributed by atoms with Crippen LogP contribution in [0.5, 0.6) is 0 Å². The van der Waals surface area contributed by atoms with Crippen molar-refractivity contribution in [1.82, 2.24) is 14.5 Å². The predicted molar refractivity (Wildman–Crippen MR) is 96.6 cm³/mol. The van der Waals surface area contributed by atoms with Crippen LogP contribution in [0.3, 0.4) is 0 Å². The molecule has 0 spiro atoms. The molecule has 1 saturated heterocycles. The molecule has 1 fully saturated rings. The van der Waals surface area contributed by atoms with Crippen molar-refractivity contribution in [2.24, 2.45) is 0 Å². The fourth-order valence-electron chi connectivity index (χ4n) is 4.01. The summed E-state index contributed by atoms with van der Waals surface area (Å²) in [6.07, 6.45) is 5.21. The van der Waals surface area contributed by atoms with E-state index in [1.165, 1.54) is 11.1 Å². The monoisotopic (exact) mass is 337 g/mol. The molecule has 0 saturated carbocycles. The van der Waals surface area contributed by atoms with Gasteiger partial charge in [-0.2, -0.15) is 0 Å². The summed E-state index contributed by atoms with van der Waals surface area (Å²) < 4.78 is 2.12. The molecule has 0 bridgehead atoms. The maximum Gasteiger partial charge on any atom is 0.225 e. The SMILES string of the molecule is CC1=C(c2ccccc2)C(CC(=O)N2CCC(O)CC2)n2cncc21. The molecule has 1 unspecified atom stereocenters. The zero-order valence-electron chi connectivity index (χ0n) is 14.4. The molecule has 1 N–H and O–H groups in total. The number of piperidine rings is 1. The summed E-state index contributed by atoms with van der Waals surface area (Å²) in [6, 6.07) is 10.3. The van der Waals surface area contributed by atoms with Crippen molar-refractivity contribution in [3.8, 4) is 0 Å². The number of allylic oxidation sites excluding steroid dienone is 2. The van der Waals surface area contributed by atoms with E-state index in [9.17, 15) is 9.90 Å². The highest BCUT2D eigenvalue weighted by molar-refractivity contribution is 5.95. The van der Waals surface area contributed by atoms with E-state index in [2.05, 4.69) is 28.6 Å². The molecule has 2 aliphatic heterocycles. The van der Waals surface area contributed by atoms with Gasteiger partial charge in [0, 0.05) is 13.1 Å². The number of carbonyl (C=O) groups is 1. The van der Waals surface area contributed by atoms with Gasteiger partial charge in [-0.05, 0) is 36.5 Å². The van der Waals surface area contributed by atoms with E-state index in [0.717, 1.165) is 11.3 Å². The number of hydrogen-bond donors (Lipinski definition) is 1. The molecule has 3 heterocycles. The van der Waals surface area contributed by atoms with Gasteiger partial charge in [0.15, 0.2) is 0 Å². The van der Waals surface area contributed by atoms with Gasteiger partial charge in [0.2, 0.25) is 5.91 Å². The number of aliphatic hydroxyl groups is 1. The first-order valence-corrected chi connectivity index (χ1v) is 8.89. The van der Waals surface area contributed by atoms with E-state index in [-0.39, 0.29) is 18.1 Å². The second-order valence-corrected chi connectivity index (χ2v) is 6.92. The molecule has 2 aromatic rings. The molecule has 1 amide bonds. The third-order valence-corrected chi connectivity index (χ3v) is 5.39. The first kappa shape index (κ1) is 16.1. The van der Waals surface area contributed by atoms with Gasteiger partial charge in [-0.3, -0.25) is 4.79 Å². The molecule has 5 nitrogen and oxygen atoms in total. The predicted octanol–water partition coefficient (Wildman–Crippen LogP) is 2.74. The lowest BCUT2D eigenvalue weighted by atomic mass is 9.93. The number of amides is 1. The molecule has 1 aromatic heterocycles. The third kappa shape index (κ3) is 2.89. The molecule has 0 aliphatic carbocycles. The molecular formula is C20H23N3O2. The van der Waals surface area contributed by atoms with Gasteiger partial charge in [-0.15, -0.1) is 0 Å². The summed E-state index contributed by atoms with van der Waals surface area (Å²) >= 11 is 0. The van der Waals surface area contributed by atoms with Gasteiger partial charge in [0.05, 0.1) is 36.8 Å². The number of carbonyl (C=O) groups excluding carboxylic acids is 1. The number of fused-ring (bicyclic) bond motifs is 1. The second kappa shape index (κ2) is 6.48. The van der Waals surface area contributed by atoms with E-state index in [4.69, 9.17) is 0 Å². The first-order chi connectivity index (χ1) is 12.1. The van der Waals surface area contributed by atoms with Gasteiger partial charge in [0.1, 0.15) is 0 Å². The standard InChI is InChI=1S/C20H23N3O2/c1-14-18-12-21-13-23(18)17(20(14)15-5-3-2-4-6-15)11-19(25)22-9-7-16(24)8-10-22/h2-6,12-13,16-17,24H,7-11H2,1H3. The van der Waals surface area contributed by atoms with Crippen molar-refractivity contribution in [3.63, 3.8) is 0 Å². The smallest absolute Gasteiger partial charge is 0.225 e. The number of aromatic nitrogens is 2. The summed E-state index contributed by atoms with van der Waals surface area (Å²) in [5.74, 6) is 0.152. The van der Waals surface area contributed by atoms with E-state index >= 15 is 0 Å². The minimum atomic E-state index is -0.266. The van der Waals surface area contributed by atoms with Crippen LogP contribution in [-0.4, -0.2) is 44.7 Å². The molecule has 4 rings (SSSR count). The van der Waals surface area contributed by atoms with Crippen LogP contribution in [0.15, 0.2) is 42.9 Å². The van der Waals surface area contributed by atoms with Crippen LogP contribution in [0.1, 0.15) is 43.5 Å². The van der Waals surface area contributed by atoms with Crippen molar-refractivity contribution in [2.75, 3.05) is 13.1 Å². The summed E-state index contributed by atoms with van der Waals surface area (Å²) in [6.45, 7) is 3.40. The van der Waals surface area contributed by atoms with Crippen LogP contribution in [0, 0.1) is 0 Å². The van der Waals surface area contributed by atoms with E-state index in [1.54, 1.807) is 0 Å². The Balaban J connectivity index is 1.62. The average Bonchev–Trinajstić information content (AvgIpc) is 3.20. The van der Waals surface area contributed by atoms with E-state index in [0.29, 0.717) is 32.4 Å². The Labute approximate surface area is 147 Å². The topological polar surface area (TPSA) is 58.4 Å². The van der Waals surface area contributed by atoms with Crippen molar-refractivity contribution in [1.29, 1.82) is 0 Å². The summed E-state index contributed by atoms with van der Waals surface area (Å²) in [5, 5.41) is 9.66. The van der Waals surface area contributed by atoms with E-state index in [1.807, 2.05) is 35.6 Å². The number of aliphatic hydroxyl groups excluding tert-OH is 1. The highest BCUT2D eigenvalue weighted by atomic mass is 16.3. The van der Waals surface area contributed by atoms with Crippen LogP contribution in [0.2, 0.25) is 0 Å². The molecule has 25 heavy (non-hydrogen) atoms. The highest BCUT2D eigenvalue weighted by Gasteiger charge is 2.33. The zero-order chi connectivity index (χ0) is 17.4. The van der Waals surface area contributed by atoms with Crippen molar-refractivity contribution < 1.29 is 9.90 Å². The number of imidazole rings is 1. The number of hydrogen-bond acceptors (Lipinski definition) is 3. The molecule has 1 aromatic carbocycles. The van der Waals surface area contributed by atoms with Crippen LogP contribution in [-0.2, 0) is 4.79 Å². The lowest BCUT2D eigenvalue weighted by Crippen LogP contribution is -2.40. The van der Waals surface area contributed by atoms with Crippen LogP contribution < -0.4 is 0 Å². The van der Waals surface area contributed by atoms with Gasteiger partial charge < -0.3 is 14.6 Å². The fourth-order valence-corrected chi connectivity index (χ4v) is 4.01. The molecule has 130 valence electrons. The number of benzene rings is 1. The van der Waals surface area contributed by atoms with Crippen LogP contribution in [0.25, 0.3) is 11.1 Å². The molecule has 1 atom stereocenters. The number of rotatable bonds is 3. The first-order valence-electron chi connectivity index (χ1n) is 8.89. The Morgan fingerprint density at radius 3 is 2.68 bits per heavy atom. The van der Waals surface area contributed by atoms with Gasteiger partial charge >= 0.3 is 0 Å². The highest BCUT2D eigenvalue weighted by Crippen LogP contribution is 2.43. The van der Waals surface area contributed by atoms with Crippen LogP contribution in [0.4, 0.5) is 0 Å². The maximum absolute atomic E-state index is 12.9. The van der Waals surface area contributed by atoms with Crippen molar-refractivity contribution in [2.45, 2.75) is 38.3 Å². The molecule has 0 radical (unpaired) electrons. The van der Waals surface area contributed by atoms with Gasteiger partial charge in [-0.1, -0.05) is 30.3 Å². The largest absolute Gasteiger partial charge is 0.393 e. The van der Waals surface area contributed by atoms with Gasteiger partial charge in [-0.25, -0.2) is 4.98 Å². The summed E-state index contributed by atoms with van der Waals surface area (Å²) in [7, 11) is 0. The Kier molecular flexibility index (Phi) is 4.17. The van der Waals surface area contributed by atoms with Crippen LogP contribution >= 0.6 is 0 Å². The van der Waals surface area contributed by atoms with E-state index < -0.39 is 0 Å². The second-order valence-electron chi connectivity index (χ2n) is 6.92. The van der Waals surface area contributed by atoms with Crippen molar-refractivity contribution in [3.05, 3.63) is 54.1 Å². The minimum absolute atomic E-state index is 0.0146. The normalized spacial score (nSPS) is 20.9. The quantitative estimate of drug-likeness (QED) is 0.937. The lowest BCUT2D eigenvalue weighted by Gasteiger charge is -2.31. The third-order valence-electron chi connectivity index (χ3n) is 5.39. The fraction of sp³-hybridized carbons (Fsp3) is 0.400. The van der Waals surface area contributed by atoms with Gasteiger partial charge in [0.25, 0.3) is 0 Å². The summed E-state index contributed by atoms with van der Waals surface area (Å²) in [5.41, 5.74) is 4.65. The summed E-state index contributed by atoms with van der Waals surface area (Å²) in [4.78, 5) is 19.0. The number of nitrogens with zero attached hydrogens (tertiary/aromatic N) is 3.